The van der Waals surface area contributed by atoms with Gasteiger partial charge in [-0.25, -0.2) is 0 Å². The summed E-state index contributed by atoms with van der Waals surface area (Å²) in [7, 11) is 3.40. The van der Waals surface area contributed by atoms with E-state index in [1.54, 1.807) is 37.9 Å². The van der Waals surface area contributed by atoms with Gasteiger partial charge in [-0.05, 0) is 32.0 Å². The van der Waals surface area contributed by atoms with Crippen molar-refractivity contribution in [3.8, 4) is 17.0 Å². The Morgan fingerprint density at radius 3 is 2.71 bits per heavy atom. The standard InChI is InChI=1S/C17H18N4O3/c1-10-5-6-15(23-4)12(7-10)14-9-13(19-21(14)3)17(22)18-16-8-11(2)24-20-16/h5-9H,1-4H3,(H,18,20,22). The second-order valence-electron chi connectivity index (χ2n) is 5.52. The quantitative estimate of drug-likeness (QED) is 0.797. The van der Waals surface area contributed by atoms with Crippen molar-refractivity contribution in [2.45, 2.75) is 13.8 Å². The van der Waals surface area contributed by atoms with Crippen LogP contribution in [0.25, 0.3) is 11.3 Å². The molecule has 1 N–H and O–H groups in total. The van der Waals surface area contributed by atoms with Gasteiger partial charge in [-0.15, -0.1) is 0 Å². The smallest absolute Gasteiger partial charge is 0.277 e. The van der Waals surface area contributed by atoms with Crippen LogP contribution in [0.15, 0.2) is 34.9 Å². The molecule has 7 heteroatoms. The van der Waals surface area contributed by atoms with Crippen LogP contribution in [0.5, 0.6) is 5.75 Å². The SMILES string of the molecule is COc1ccc(C)cc1-c1cc(C(=O)Nc2cc(C)on2)nn1C. The molecule has 0 saturated carbocycles. The lowest BCUT2D eigenvalue weighted by Crippen LogP contribution is -2.13. The van der Waals surface area contributed by atoms with Crippen molar-refractivity contribution >= 4 is 11.7 Å². The lowest BCUT2D eigenvalue weighted by molar-refractivity contribution is 0.102. The summed E-state index contributed by atoms with van der Waals surface area (Å²) in [5.41, 5.74) is 3.05. The Labute approximate surface area is 139 Å². The van der Waals surface area contributed by atoms with Crippen molar-refractivity contribution in [1.82, 2.24) is 14.9 Å². The summed E-state index contributed by atoms with van der Waals surface area (Å²) in [6.45, 7) is 3.76. The van der Waals surface area contributed by atoms with Crippen molar-refractivity contribution in [1.29, 1.82) is 0 Å². The molecule has 0 aliphatic heterocycles. The molecule has 0 bridgehead atoms. The molecule has 0 saturated heterocycles. The average Bonchev–Trinajstić information content (AvgIpc) is 3.13. The fourth-order valence-corrected chi connectivity index (χ4v) is 2.46. The van der Waals surface area contributed by atoms with E-state index in [0.717, 1.165) is 22.6 Å². The zero-order chi connectivity index (χ0) is 17.3. The first kappa shape index (κ1) is 15.8. The van der Waals surface area contributed by atoms with Gasteiger partial charge >= 0.3 is 0 Å². The van der Waals surface area contributed by atoms with E-state index in [1.807, 2.05) is 25.1 Å². The molecule has 0 fully saturated rings. The molecule has 0 spiro atoms. The molecular formula is C17H18N4O3. The van der Waals surface area contributed by atoms with E-state index >= 15 is 0 Å². The molecule has 0 aliphatic carbocycles. The van der Waals surface area contributed by atoms with E-state index in [2.05, 4.69) is 15.6 Å². The predicted octanol–water partition coefficient (Wildman–Crippen LogP) is 2.95. The number of carbonyl (C=O) groups is 1. The number of amides is 1. The van der Waals surface area contributed by atoms with Crippen LogP contribution < -0.4 is 10.1 Å². The molecule has 124 valence electrons. The average molecular weight is 326 g/mol. The minimum Gasteiger partial charge on any atom is -0.496 e. The predicted molar refractivity (Wildman–Crippen MR) is 89.1 cm³/mol. The van der Waals surface area contributed by atoms with Crippen LogP contribution in [0.1, 0.15) is 21.8 Å². The highest BCUT2D eigenvalue weighted by atomic mass is 16.5. The Hall–Kier alpha value is -3.09. The highest BCUT2D eigenvalue weighted by Gasteiger charge is 2.17. The van der Waals surface area contributed by atoms with Crippen molar-refractivity contribution in [2.75, 3.05) is 12.4 Å². The summed E-state index contributed by atoms with van der Waals surface area (Å²) in [6.07, 6.45) is 0. The second kappa shape index (κ2) is 6.19. The zero-order valence-corrected chi connectivity index (χ0v) is 14.0. The van der Waals surface area contributed by atoms with Crippen LogP contribution >= 0.6 is 0 Å². The molecule has 2 heterocycles. The van der Waals surface area contributed by atoms with Gasteiger partial charge < -0.3 is 14.6 Å². The number of carbonyl (C=O) groups excluding carboxylic acids is 1. The summed E-state index contributed by atoms with van der Waals surface area (Å²) >= 11 is 0. The van der Waals surface area contributed by atoms with E-state index in [1.165, 1.54) is 0 Å². The number of rotatable bonds is 4. The first-order valence-electron chi connectivity index (χ1n) is 7.41. The molecule has 3 rings (SSSR count). The fraction of sp³-hybridized carbons (Fsp3) is 0.235. The van der Waals surface area contributed by atoms with Gasteiger partial charge in [0, 0.05) is 18.7 Å². The second-order valence-corrected chi connectivity index (χ2v) is 5.52. The fourth-order valence-electron chi connectivity index (χ4n) is 2.46. The van der Waals surface area contributed by atoms with Gasteiger partial charge in [0.2, 0.25) is 0 Å². The minimum atomic E-state index is -0.350. The molecule has 0 radical (unpaired) electrons. The number of hydrogen-bond acceptors (Lipinski definition) is 5. The largest absolute Gasteiger partial charge is 0.496 e. The highest BCUT2D eigenvalue weighted by molar-refractivity contribution is 6.03. The van der Waals surface area contributed by atoms with E-state index < -0.39 is 0 Å². The number of benzene rings is 1. The van der Waals surface area contributed by atoms with E-state index in [-0.39, 0.29) is 11.6 Å². The van der Waals surface area contributed by atoms with Gasteiger partial charge in [-0.2, -0.15) is 5.10 Å². The molecule has 7 nitrogen and oxygen atoms in total. The molecule has 3 aromatic rings. The molecule has 24 heavy (non-hydrogen) atoms. The first-order chi connectivity index (χ1) is 11.5. The van der Waals surface area contributed by atoms with Crippen molar-refractivity contribution in [2.24, 2.45) is 7.05 Å². The maximum atomic E-state index is 12.3. The summed E-state index contributed by atoms with van der Waals surface area (Å²) in [4.78, 5) is 12.3. The van der Waals surface area contributed by atoms with Crippen LogP contribution in [0, 0.1) is 13.8 Å². The Kier molecular flexibility index (Phi) is 4.07. The number of hydrogen-bond donors (Lipinski definition) is 1. The van der Waals surface area contributed by atoms with Crippen LogP contribution in [0.4, 0.5) is 5.82 Å². The third-order valence-electron chi connectivity index (χ3n) is 3.61. The summed E-state index contributed by atoms with van der Waals surface area (Å²) in [5, 5.41) is 10.7. The number of aromatic nitrogens is 3. The van der Waals surface area contributed by atoms with Crippen molar-refractivity contribution in [3.05, 3.63) is 47.3 Å². The Morgan fingerprint density at radius 1 is 1.25 bits per heavy atom. The summed E-state index contributed by atoms with van der Waals surface area (Å²) in [6, 6.07) is 9.23. The molecule has 1 aromatic carbocycles. The van der Waals surface area contributed by atoms with Gasteiger partial charge in [-0.1, -0.05) is 16.8 Å². The monoisotopic (exact) mass is 326 g/mol. The topological polar surface area (TPSA) is 82.2 Å². The normalized spacial score (nSPS) is 10.7. The maximum absolute atomic E-state index is 12.3. The van der Waals surface area contributed by atoms with Crippen molar-refractivity contribution < 1.29 is 14.1 Å². The highest BCUT2D eigenvalue weighted by Crippen LogP contribution is 2.31. The lowest BCUT2D eigenvalue weighted by atomic mass is 10.1. The number of methoxy groups -OCH3 is 1. The number of nitrogens with one attached hydrogen (secondary N) is 1. The minimum absolute atomic E-state index is 0.289. The Morgan fingerprint density at radius 2 is 2.04 bits per heavy atom. The van der Waals surface area contributed by atoms with Gasteiger partial charge in [0.05, 0.1) is 12.8 Å². The summed E-state index contributed by atoms with van der Waals surface area (Å²) < 4.78 is 12.0. The molecule has 2 aromatic heterocycles. The maximum Gasteiger partial charge on any atom is 0.277 e. The van der Waals surface area contributed by atoms with Crippen LogP contribution in [0.2, 0.25) is 0 Å². The van der Waals surface area contributed by atoms with Gasteiger partial charge in [0.25, 0.3) is 5.91 Å². The molecule has 0 aliphatic rings. The number of anilines is 1. The summed E-state index contributed by atoms with van der Waals surface area (Å²) in [5.74, 6) is 1.36. The van der Waals surface area contributed by atoms with E-state index in [4.69, 9.17) is 9.26 Å². The molecule has 0 atom stereocenters. The zero-order valence-electron chi connectivity index (χ0n) is 14.0. The van der Waals surface area contributed by atoms with E-state index in [0.29, 0.717) is 11.6 Å². The van der Waals surface area contributed by atoms with Gasteiger partial charge in [0.1, 0.15) is 11.5 Å². The third-order valence-corrected chi connectivity index (χ3v) is 3.61. The third kappa shape index (κ3) is 3.01. The molecular weight excluding hydrogens is 308 g/mol. The number of nitrogens with zero attached hydrogens (tertiary/aromatic N) is 3. The van der Waals surface area contributed by atoms with Gasteiger partial charge in [-0.3, -0.25) is 9.48 Å². The van der Waals surface area contributed by atoms with Crippen LogP contribution in [-0.4, -0.2) is 28.0 Å². The van der Waals surface area contributed by atoms with Crippen LogP contribution in [-0.2, 0) is 7.05 Å². The Balaban J connectivity index is 1.93. The molecule has 1 amide bonds. The molecule has 0 unspecified atom stereocenters. The Bertz CT molecular complexity index is 895. The van der Waals surface area contributed by atoms with Crippen molar-refractivity contribution in [3.63, 3.8) is 0 Å². The first-order valence-corrected chi connectivity index (χ1v) is 7.41. The van der Waals surface area contributed by atoms with E-state index in [9.17, 15) is 4.79 Å². The lowest BCUT2D eigenvalue weighted by Gasteiger charge is -2.09. The van der Waals surface area contributed by atoms with Crippen LogP contribution in [0.3, 0.4) is 0 Å². The van der Waals surface area contributed by atoms with Gasteiger partial charge in [0.15, 0.2) is 11.5 Å². The number of aryl methyl sites for hydroxylation is 3. The number of ether oxygens (including phenoxy) is 1.